The van der Waals surface area contributed by atoms with Gasteiger partial charge in [-0.05, 0) is 30.9 Å². The molecule has 0 saturated carbocycles. The maximum atomic E-state index is 13.5. The molecule has 0 aliphatic heterocycles. The lowest BCUT2D eigenvalue weighted by molar-refractivity contribution is -0.144. The van der Waals surface area contributed by atoms with E-state index >= 15 is 0 Å². The summed E-state index contributed by atoms with van der Waals surface area (Å²) in [5.74, 6) is -0.457. The van der Waals surface area contributed by atoms with E-state index in [1.54, 1.807) is 6.92 Å². The Bertz CT molecular complexity index is 2040. The molecule has 2 aromatic carbocycles. The molecule has 4 aromatic rings. The minimum atomic E-state index is -1.16. The third-order valence-electron chi connectivity index (χ3n) is 8.55. The first-order chi connectivity index (χ1) is 21.4. The van der Waals surface area contributed by atoms with Crippen LogP contribution < -0.4 is 0 Å². The van der Waals surface area contributed by atoms with Gasteiger partial charge in [-0.25, -0.2) is 19.9 Å². The highest BCUT2D eigenvalue weighted by Crippen LogP contribution is 2.60. The van der Waals surface area contributed by atoms with Crippen molar-refractivity contribution in [1.82, 2.24) is 19.9 Å². The molecule has 0 amide bonds. The molecule has 0 bridgehead atoms. The molecular weight excluding hydrogens is 552 g/mol. The van der Waals surface area contributed by atoms with Gasteiger partial charge in [-0.2, -0.15) is 21.0 Å². The highest BCUT2D eigenvalue weighted by Gasteiger charge is 2.56. The van der Waals surface area contributed by atoms with Crippen molar-refractivity contribution in [2.24, 2.45) is 0 Å². The van der Waals surface area contributed by atoms with E-state index in [-0.39, 0.29) is 42.2 Å². The molecule has 2 unspecified atom stereocenters. The highest BCUT2D eigenvalue weighted by molar-refractivity contribution is 5.84. The van der Waals surface area contributed by atoms with Gasteiger partial charge in [-0.3, -0.25) is 4.79 Å². The van der Waals surface area contributed by atoms with Crippen molar-refractivity contribution in [3.8, 4) is 46.8 Å². The molecule has 0 spiro atoms. The van der Waals surface area contributed by atoms with Gasteiger partial charge in [0.2, 0.25) is 0 Å². The Hall–Kier alpha value is -5.97. The summed E-state index contributed by atoms with van der Waals surface area (Å²) in [6, 6.07) is 23.3. The number of hydrogen-bond donors (Lipinski definition) is 0. The Morgan fingerprint density at radius 2 is 1.16 bits per heavy atom. The van der Waals surface area contributed by atoms with Gasteiger partial charge in [0.05, 0.1) is 41.2 Å². The van der Waals surface area contributed by atoms with Crippen LogP contribution in [0, 0.1) is 45.3 Å². The zero-order valence-corrected chi connectivity index (χ0v) is 24.0. The minimum absolute atomic E-state index is 0.0558. The average Bonchev–Trinajstić information content (AvgIpc) is 3.46. The van der Waals surface area contributed by atoms with Crippen LogP contribution in [0.1, 0.15) is 84.8 Å². The van der Waals surface area contributed by atoms with Gasteiger partial charge < -0.3 is 4.74 Å². The number of hydrogen-bond acceptors (Lipinski definition) is 10. The van der Waals surface area contributed by atoms with Gasteiger partial charge in [0.15, 0.2) is 22.8 Å². The molecule has 0 saturated heterocycles. The number of ether oxygens (including phenoxy) is 1. The van der Waals surface area contributed by atoms with Gasteiger partial charge in [0, 0.05) is 16.5 Å². The molecule has 2 atom stereocenters. The number of carbonyl (C=O) groups excluding carboxylic acids is 1. The van der Waals surface area contributed by atoms with Gasteiger partial charge in [0.1, 0.15) is 24.3 Å². The topological polar surface area (TPSA) is 173 Å². The molecule has 212 valence electrons. The predicted molar refractivity (Wildman–Crippen MR) is 156 cm³/mol. The van der Waals surface area contributed by atoms with Crippen molar-refractivity contribution >= 4 is 5.97 Å². The van der Waals surface area contributed by atoms with Crippen LogP contribution in [0.2, 0.25) is 0 Å². The summed E-state index contributed by atoms with van der Waals surface area (Å²) in [7, 11) is 0. The number of benzene rings is 2. The molecule has 0 N–H and O–H groups in total. The van der Waals surface area contributed by atoms with Gasteiger partial charge >= 0.3 is 5.97 Å². The summed E-state index contributed by atoms with van der Waals surface area (Å²) < 4.78 is 5.51. The summed E-state index contributed by atoms with van der Waals surface area (Å²) >= 11 is 0. The van der Waals surface area contributed by atoms with Crippen molar-refractivity contribution in [2.75, 3.05) is 6.61 Å². The number of nitrogens with zero attached hydrogens (tertiary/aromatic N) is 8. The fourth-order valence-electron chi connectivity index (χ4n) is 7.04. The van der Waals surface area contributed by atoms with Crippen LogP contribution in [-0.4, -0.2) is 32.5 Å². The standard InChI is InChI=1S/C34H24N8O2/c1-3-13-33(22-11-7-5-9-20(22)29-31(33)41-26(17-37)24(15-35)39-29)19-34(14-28(43)44-4-2)23-12-8-6-10-21(23)30-32(34)42-27(18-38)25(16-36)40-30/h5-12H,3-4,13-14,19H2,1-2H3. The Morgan fingerprint density at radius 3 is 1.64 bits per heavy atom. The Kier molecular flexibility index (Phi) is 6.85. The fourth-order valence-corrected chi connectivity index (χ4v) is 7.04. The van der Waals surface area contributed by atoms with Crippen LogP contribution in [-0.2, 0) is 20.4 Å². The maximum absolute atomic E-state index is 13.5. The lowest BCUT2D eigenvalue weighted by Crippen LogP contribution is -2.40. The fraction of sp³-hybridized carbons (Fsp3) is 0.265. The van der Waals surface area contributed by atoms with E-state index in [0.717, 1.165) is 16.7 Å². The second-order valence-electron chi connectivity index (χ2n) is 10.8. The summed E-state index contributed by atoms with van der Waals surface area (Å²) in [5.41, 5.74) is 2.71. The number of carbonyl (C=O) groups is 1. The number of rotatable bonds is 7. The predicted octanol–water partition coefficient (Wildman–Crippen LogP) is 5.13. The summed E-state index contributed by atoms with van der Waals surface area (Å²) in [6.45, 7) is 3.96. The second kappa shape index (κ2) is 10.7. The second-order valence-corrected chi connectivity index (χ2v) is 10.8. The van der Waals surface area contributed by atoms with Crippen molar-refractivity contribution in [2.45, 2.75) is 50.4 Å². The summed E-state index contributed by atoms with van der Waals surface area (Å²) in [5, 5.41) is 39.4. The number of fused-ring (bicyclic) bond motifs is 6. The van der Waals surface area contributed by atoms with Crippen LogP contribution in [0.15, 0.2) is 48.5 Å². The monoisotopic (exact) mass is 576 g/mol. The highest BCUT2D eigenvalue weighted by atomic mass is 16.5. The van der Waals surface area contributed by atoms with E-state index in [1.165, 1.54) is 0 Å². The Morgan fingerprint density at radius 1 is 0.705 bits per heavy atom. The lowest BCUT2D eigenvalue weighted by Gasteiger charge is -2.40. The third kappa shape index (κ3) is 3.93. The van der Waals surface area contributed by atoms with Crippen molar-refractivity contribution in [3.05, 3.63) is 93.8 Å². The zero-order chi connectivity index (χ0) is 31.1. The molecule has 2 aromatic heterocycles. The van der Waals surface area contributed by atoms with Gasteiger partial charge in [-0.15, -0.1) is 0 Å². The van der Waals surface area contributed by atoms with E-state index in [9.17, 15) is 25.8 Å². The third-order valence-corrected chi connectivity index (χ3v) is 8.55. The van der Waals surface area contributed by atoms with Crippen LogP contribution in [0.25, 0.3) is 22.5 Å². The molecule has 10 heteroatoms. The summed E-state index contributed by atoms with van der Waals surface area (Å²) in [6.07, 6.45) is 1.41. The molecular formula is C34H24N8O2. The quantitative estimate of drug-likeness (QED) is 0.268. The molecule has 10 nitrogen and oxygen atoms in total. The van der Waals surface area contributed by atoms with Crippen LogP contribution >= 0.6 is 0 Å². The van der Waals surface area contributed by atoms with Gasteiger partial charge in [-0.1, -0.05) is 61.9 Å². The molecule has 2 heterocycles. The minimum Gasteiger partial charge on any atom is -0.466 e. The van der Waals surface area contributed by atoms with Crippen LogP contribution in [0.4, 0.5) is 0 Å². The van der Waals surface area contributed by atoms with E-state index in [1.807, 2.05) is 79.7 Å². The Balaban J connectivity index is 1.72. The van der Waals surface area contributed by atoms with Crippen LogP contribution in [0.3, 0.4) is 0 Å². The number of aromatic nitrogens is 4. The van der Waals surface area contributed by atoms with Crippen molar-refractivity contribution in [1.29, 1.82) is 21.0 Å². The SMILES string of the molecule is CCCC1(CC2(CC(=O)OCC)c3ccccc3-c3nc(C#N)c(C#N)nc32)c2ccccc2-c2nc(C#N)c(C#N)nc21. The summed E-state index contributed by atoms with van der Waals surface area (Å²) in [4.78, 5) is 32.3. The normalized spacial score (nSPS) is 18.4. The first-order valence-corrected chi connectivity index (χ1v) is 14.2. The number of esters is 1. The first kappa shape index (κ1) is 28.2. The maximum Gasteiger partial charge on any atom is 0.307 e. The average molecular weight is 577 g/mol. The van der Waals surface area contributed by atoms with E-state index < -0.39 is 16.8 Å². The number of nitriles is 4. The molecule has 0 fully saturated rings. The van der Waals surface area contributed by atoms with Gasteiger partial charge in [0.25, 0.3) is 0 Å². The lowest BCUT2D eigenvalue weighted by atomic mass is 9.62. The van der Waals surface area contributed by atoms with E-state index in [2.05, 4.69) is 9.97 Å². The smallest absolute Gasteiger partial charge is 0.307 e. The largest absolute Gasteiger partial charge is 0.466 e. The van der Waals surface area contributed by atoms with E-state index in [4.69, 9.17) is 14.7 Å². The van der Waals surface area contributed by atoms with Crippen LogP contribution in [0.5, 0.6) is 0 Å². The molecule has 2 aliphatic carbocycles. The molecule has 0 radical (unpaired) electrons. The Labute approximate surface area is 253 Å². The molecule has 2 aliphatic rings. The zero-order valence-electron chi connectivity index (χ0n) is 24.0. The molecule has 44 heavy (non-hydrogen) atoms. The van der Waals surface area contributed by atoms with Crippen molar-refractivity contribution < 1.29 is 9.53 Å². The van der Waals surface area contributed by atoms with Crippen molar-refractivity contribution in [3.63, 3.8) is 0 Å². The first-order valence-electron chi connectivity index (χ1n) is 14.2. The molecule has 6 rings (SSSR count). The van der Waals surface area contributed by atoms with E-state index in [0.29, 0.717) is 41.2 Å².